The van der Waals surface area contributed by atoms with Crippen LogP contribution in [0, 0.1) is 30.3 Å². The van der Waals surface area contributed by atoms with Crippen molar-refractivity contribution in [2.75, 3.05) is 0 Å². The van der Waals surface area contributed by atoms with Crippen LogP contribution < -0.4 is 4.74 Å². The van der Waals surface area contributed by atoms with Gasteiger partial charge in [0, 0.05) is 46.7 Å². The SMILES string of the molecule is Cc1c[nH][nH]c(-c2ccc(COc3cc(Cl)ccc3-c3nc4cc(F)c(F)cc4n3CCC3CCCCC3)c(F)c2)n[nH]1. The Labute approximate surface area is 251 Å². The summed E-state index contributed by atoms with van der Waals surface area (Å²) in [6, 6.07) is 12.2. The zero-order valence-corrected chi connectivity index (χ0v) is 24.4. The first-order chi connectivity index (χ1) is 20.9. The summed E-state index contributed by atoms with van der Waals surface area (Å²) in [6.07, 6.45) is 8.62. The van der Waals surface area contributed by atoms with E-state index in [0.29, 0.717) is 62.6 Å². The predicted octanol–water partition coefficient (Wildman–Crippen LogP) is 8.80. The highest BCUT2D eigenvalue weighted by Gasteiger charge is 2.21. The molecule has 1 saturated carbocycles. The molecular weight excluding hydrogens is 577 g/mol. The third kappa shape index (κ3) is 6.44. The van der Waals surface area contributed by atoms with E-state index in [-0.39, 0.29) is 6.61 Å². The largest absolute Gasteiger partial charge is 0.488 e. The highest BCUT2D eigenvalue weighted by Crippen LogP contribution is 2.36. The minimum Gasteiger partial charge on any atom is -0.488 e. The van der Waals surface area contributed by atoms with Crippen LogP contribution in [0.3, 0.4) is 0 Å². The zero-order chi connectivity index (χ0) is 29.9. The van der Waals surface area contributed by atoms with E-state index < -0.39 is 17.5 Å². The molecule has 7 nitrogen and oxygen atoms in total. The monoisotopic (exact) mass is 608 g/mol. The van der Waals surface area contributed by atoms with E-state index in [0.717, 1.165) is 31.0 Å². The Bertz CT molecular complexity index is 1800. The highest BCUT2D eigenvalue weighted by molar-refractivity contribution is 6.30. The third-order valence-corrected chi connectivity index (χ3v) is 8.23. The Hall–Kier alpha value is -4.18. The molecule has 11 heteroatoms. The van der Waals surface area contributed by atoms with Crippen LogP contribution in [0.2, 0.25) is 5.02 Å². The van der Waals surface area contributed by atoms with Gasteiger partial charge in [0.2, 0.25) is 0 Å². The molecule has 1 fully saturated rings. The zero-order valence-electron chi connectivity index (χ0n) is 23.7. The predicted molar refractivity (Wildman–Crippen MR) is 161 cm³/mol. The lowest BCUT2D eigenvalue weighted by Crippen LogP contribution is -2.11. The topological polar surface area (TPSA) is 87.3 Å². The van der Waals surface area contributed by atoms with Crippen molar-refractivity contribution in [1.29, 1.82) is 0 Å². The molecule has 6 rings (SSSR count). The van der Waals surface area contributed by atoms with Crippen LogP contribution in [-0.4, -0.2) is 29.9 Å². The van der Waals surface area contributed by atoms with Crippen LogP contribution in [-0.2, 0) is 13.2 Å². The van der Waals surface area contributed by atoms with E-state index in [1.165, 1.54) is 31.4 Å². The highest BCUT2D eigenvalue weighted by atomic mass is 35.5. The summed E-state index contributed by atoms with van der Waals surface area (Å²) in [7, 11) is 0. The van der Waals surface area contributed by atoms with Gasteiger partial charge in [-0.3, -0.25) is 10.2 Å². The molecule has 0 aliphatic heterocycles. The molecule has 3 N–H and O–H groups in total. The summed E-state index contributed by atoms with van der Waals surface area (Å²) < 4.78 is 51.9. The first-order valence-electron chi connectivity index (χ1n) is 14.4. The molecule has 0 atom stereocenters. The van der Waals surface area contributed by atoms with E-state index in [1.807, 2.05) is 11.5 Å². The van der Waals surface area contributed by atoms with E-state index in [4.69, 9.17) is 21.3 Å². The van der Waals surface area contributed by atoms with Crippen molar-refractivity contribution >= 4 is 22.6 Å². The number of aryl methyl sites for hydroxylation is 2. The van der Waals surface area contributed by atoms with Gasteiger partial charge in [0.1, 0.15) is 24.0 Å². The van der Waals surface area contributed by atoms with Crippen LogP contribution in [0.25, 0.3) is 33.8 Å². The van der Waals surface area contributed by atoms with Crippen molar-refractivity contribution in [3.05, 3.63) is 88.5 Å². The number of hydrogen-bond donors (Lipinski definition) is 3. The number of benzene rings is 3. The van der Waals surface area contributed by atoms with E-state index in [2.05, 4.69) is 20.4 Å². The second kappa shape index (κ2) is 12.6. The maximum atomic E-state index is 15.2. The van der Waals surface area contributed by atoms with E-state index >= 15 is 4.39 Å². The number of rotatable bonds is 8. The minimum absolute atomic E-state index is 0.0813. The Morgan fingerprint density at radius 3 is 2.60 bits per heavy atom. The van der Waals surface area contributed by atoms with Gasteiger partial charge < -0.3 is 14.4 Å². The molecule has 0 saturated heterocycles. The van der Waals surface area contributed by atoms with Gasteiger partial charge in [-0.15, -0.1) is 0 Å². The van der Waals surface area contributed by atoms with Crippen LogP contribution in [0.4, 0.5) is 13.2 Å². The molecule has 43 heavy (non-hydrogen) atoms. The smallest absolute Gasteiger partial charge is 0.172 e. The Kier molecular flexibility index (Phi) is 8.47. The molecule has 5 aromatic rings. The first kappa shape index (κ1) is 28.9. The normalized spacial score (nSPS) is 13.9. The second-order valence-corrected chi connectivity index (χ2v) is 11.5. The lowest BCUT2D eigenvalue weighted by molar-refractivity contribution is 0.300. The molecule has 0 radical (unpaired) electrons. The number of aromatic nitrogens is 6. The van der Waals surface area contributed by atoms with Gasteiger partial charge in [-0.25, -0.2) is 18.2 Å². The fraction of sp³-hybridized carbons (Fsp3) is 0.312. The number of nitrogens with zero attached hydrogens (tertiary/aromatic N) is 3. The molecule has 1 aliphatic carbocycles. The number of halogens is 4. The Morgan fingerprint density at radius 1 is 0.977 bits per heavy atom. The van der Waals surface area contributed by atoms with Gasteiger partial charge in [0.15, 0.2) is 17.5 Å². The van der Waals surface area contributed by atoms with Gasteiger partial charge in [-0.05, 0) is 43.5 Å². The summed E-state index contributed by atoms with van der Waals surface area (Å²) in [5.74, 6) is -0.447. The molecule has 3 aromatic carbocycles. The van der Waals surface area contributed by atoms with E-state index in [1.54, 1.807) is 36.5 Å². The molecular formula is C32H32ClF3N6O. The van der Waals surface area contributed by atoms with Gasteiger partial charge in [0.05, 0.1) is 16.6 Å². The van der Waals surface area contributed by atoms with Crippen LogP contribution in [0.15, 0.2) is 54.7 Å². The number of hydrogen-bond acceptors (Lipinski definition) is 3. The summed E-state index contributed by atoms with van der Waals surface area (Å²) in [4.78, 5) is 4.71. The molecule has 0 unspecified atom stereocenters. The van der Waals surface area contributed by atoms with Crippen molar-refractivity contribution in [3.63, 3.8) is 0 Å². The van der Waals surface area contributed by atoms with Gasteiger partial charge in [-0.1, -0.05) is 55.8 Å². The molecule has 0 spiro atoms. The number of fused-ring (bicyclic) bond motifs is 1. The van der Waals surface area contributed by atoms with Crippen molar-refractivity contribution in [2.45, 2.75) is 58.6 Å². The molecule has 0 amide bonds. The average Bonchev–Trinajstić information content (AvgIpc) is 3.18. The molecule has 0 bridgehead atoms. The first-order valence-corrected chi connectivity index (χ1v) is 14.8. The Balaban J connectivity index is 1.31. The van der Waals surface area contributed by atoms with Crippen LogP contribution in [0.1, 0.15) is 49.8 Å². The summed E-state index contributed by atoms with van der Waals surface area (Å²) in [6.45, 7) is 2.35. The number of aromatic amines is 3. The molecule has 2 heterocycles. The summed E-state index contributed by atoms with van der Waals surface area (Å²) >= 11 is 6.35. The maximum absolute atomic E-state index is 15.2. The fourth-order valence-corrected chi connectivity index (χ4v) is 5.82. The van der Waals surface area contributed by atoms with Crippen molar-refractivity contribution in [3.8, 4) is 28.5 Å². The van der Waals surface area contributed by atoms with Gasteiger partial charge in [-0.2, -0.15) is 5.10 Å². The maximum Gasteiger partial charge on any atom is 0.172 e. The number of nitrogens with one attached hydrogen (secondary N) is 3. The number of H-pyrrole nitrogens is 3. The van der Waals surface area contributed by atoms with Crippen LogP contribution >= 0.6 is 11.6 Å². The minimum atomic E-state index is -0.953. The number of ether oxygens (including phenoxy) is 1. The molecule has 224 valence electrons. The third-order valence-electron chi connectivity index (χ3n) is 7.99. The number of imidazole rings is 1. The van der Waals surface area contributed by atoms with Crippen molar-refractivity contribution < 1.29 is 17.9 Å². The van der Waals surface area contributed by atoms with Crippen molar-refractivity contribution in [2.24, 2.45) is 5.92 Å². The van der Waals surface area contributed by atoms with E-state index in [9.17, 15) is 8.78 Å². The quantitative estimate of drug-likeness (QED) is 0.164. The Morgan fingerprint density at radius 2 is 1.79 bits per heavy atom. The standard InChI is InChI=1S/C32H32ClF3N6O/c1-19-17-37-40-31(41-39-19)21-7-8-22(25(34)13-21)18-43-30-14-23(33)9-10-24(30)32-38-28-15-26(35)27(36)16-29(28)42(32)12-11-20-5-3-2-4-6-20/h7-10,13-17,20,37,39H,2-6,11-12,18H2,1H3,(H,40,41). The lowest BCUT2D eigenvalue weighted by Gasteiger charge is -2.22. The van der Waals surface area contributed by atoms with Gasteiger partial charge in [0.25, 0.3) is 0 Å². The van der Waals surface area contributed by atoms with Gasteiger partial charge >= 0.3 is 0 Å². The summed E-state index contributed by atoms with van der Waals surface area (Å²) in [5, 5.41) is 13.3. The van der Waals surface area contributed by atoms with Crippen LogP contribution in [0.5, 0.6) is 5.75 Å². The average molecular weight is 609 g/mol. The lowest BCUT2D eigenvalue weighted by atomic mass is 9.87. The molecule has 1 aliphatic rings. The fourth-order valence-electron chi connectivity index (χ4n) is 5.66. The summed E-state index contributed by atoms with van der Waals surface area (Å²) in [5.41, 5.74) is 3.12. The second-order valence-electron chi connectivity index (χ2n) is 11.0. The molecule has 2 aromatic heterocycles. The van der Waals surface area contributed by atoms with Crippen molar-refractivity contribution in [1.82, 2.24) is 29.9 Å².